The molecule has 0 aliphatic carbocycles. The topological polar surface area (TPSA) is 121 Å². The SMILES string of the molecule is CO[C@H]1CC[C@@H]2CCN(C)C(=O)[C@H](C)[C@@H](OC)CN(C)C(=O)c3cc([N+](=O)[O-])ccc3OC[C@H]1O2. The molecule has 11 heteroatoms. The van der Waals surface area contributed by atoms with Crippen LogP contribution in [-0.2, 0) is 19.0 Å². The van der Waals surface area contributed by atoms with Gasteiger partial charge >= 0.3 is 0 Å². The van der Waals surface area contributed by atoms with Gasteiger partial charge in [-0.05, 0) is 25.3 Å². The third-order valence-electron chi connectivity index (χ3n) is 6.88. The summed E-state index contributed by atoms with van der Waals surface area (Å²) in [6.45, 7) is 2.53. The molecule has 3 rings (SSSR count). The van der Waals surface area contributed by atoms with E-state index in [2.05, 4.69) is 0 Å². The molecule has 2 aliphatic rings. The number of amides is 2. The summed E-state index contributed by atoms with van der Waals surface area (Å²) in [7, 11) is 6.43. The molecule has 1 fully saturated rings. The van der Waals surface area contributed by atoms with Gasteiger partial charge in [-0.3, -0.25) is 19.7 Å². The Morgan fingerprint density at radius 3 is 2.43 bits per heavy atom. The van der Waals surface area contributed by atoms with Gasteiger partial charge in [0.15, 0.2) is 0 Å². The van der Waals surface area contributed by atoms with E-state index < -0.39 is 22.9 Å². The van der Waals surface area contributed by atoms with E-state index in [0.29, 0.717) is 13.0 Å². The number of benzene rings is 1. The number of hydrogen-bond donors (Lipinski definition) is 0. The molecule has 0 saturated carbocycles. The van der Waals surface area contributed by atoms with Crippen molar-refractivity contribution in [1.82, 2.24) is 9.80 Å². The molecule has 194 valence electrons. The summed E-state index contributed by atoms with van der Waals surface area (Å²) >= 11 is 0. The number of nitro benzene ring substituents is 1. The lowest BCUT2D eigenvalue weighted by atomic mass is 9.98. The number of carbonyl (C=O) groups excluding carboxylic acids is 2. The lowest BCUT2D eigenvalue weighted by Gasteiger charge is -2.37. The van der Waals surface area contributed by atoms with Crippen molar-refractivity contribution in [3.8, 4) is 5.75 Å². The number of fused-ring (bicyclic) bond motifs is 3. The van der Waals surface area contributed by atoms with Crippen LogP contribution in [0.3, 0.4) is 0 Å². The zero-order valence-electron chi connectivity index (χ0n) is 21.0. The van der Waals surface area contributed by atoms with Crippen LogP contribution in [0.1, 0.15) is 36.5 Å². The van der Waals surface area contributed by atoms with Gasteiger partial charge in [0, 0.05) is 53.5 Å². The predicted molar refractivity (Wildman–Crippen MR) is 126 cm³/mol. The summed E-state index contributed by atoms with van der Waals surface area (Å²) in [5, 5.41) is 11.4. The zero-order valence-corrected chi connectivity index (χ0v) is 21.0. The fourth-order valence-corrected chi connectivity index (χ4v) is 4.61. The number of methoxy groups -OCH3 is 2. The Balaban J connectivity index is 1.98. The maximum absolute atomic E-state index is 13.4. The van der Waals surface area contributed by atoms with Gasteiger partial charge in [-0.1, -0.05) is 6.92 Å². The summed E-state index contributed by atoms with van der Waals surface area (Å²) < 4.78 is 23.4. The van der Waals surface area contributed by atoms with Crippen molar-refractivity contribution in [3.63, 3.8) is 0 Å². The van der Waals surface area contributed by atoms with Crippen molar-refractivity contribution >= 4 is 17.5 Å². The van der Waals surface area contributed by atoms with Crippen LogP contribution < -0.4 is 4.74 Å². The largest absolute Gasteiger partial charge is 0.490 e. The summed E-state index contributed by atoms with van der Waals surface area (Å²) in [6.07, 6.45) is 1.01. The van der Waals surface area contributed by atoms with Crippen LogP contribution in [0.2, 0.25) is 0 Å². The Bertz CT molecular complexity index is 926. The molecule has 2 amide bonds. The fraction of sp³-hybridized carbons (Fsp3) is 0.667. The smallest absolute Gasteiger partial charge is 0.270 e. The Labute approximate surface area is 205 Å². The first kappa shape index (κ1) is 26.8. The number of carbonyl (C=O) groups is 2. The number of ether oxygens (including phenoxy) is 4. The van der Waals surface area contributed by atoms with Crippen molar-refractivity contribution in [1.29, 1.82) is 0 Å². The molecule has 0 aromatic heterocycles. The lowest BCUT2D eigenvalue weighted by molar-refractivity contribution is -0.384. The van der Waals surface area contributed by atoms with E-state index in [4.69, 9.17) is 18.9 Å². The summed E-state index contributed by atoms with van der Waals surface area (Å²) in [4.78, 5) is 40.3. The van der Waals surface area contributed by atoms with Crippen LogP contribution >= 0.6 is 0 Å². The van der Waals surface area contributed by atoms with E-state index >= 15 is 0 Å². The highest BCUT2D eigenvalue weighted by Gasteiger charge is 2.34. The molecule has 35 heavy (non-hydrogen) atoms. The maximum atomic E-state index is 13.4. The maximum Gasteiger partial charge on any atom is 0.270 e. The van der Waals surface area contributed by atoms with Gasteiger partial charge in [0.25, 0.3) is 11.6 Å². The standard InChI is InChI=1S/C24H35N3O8/c1-15-21(33-5)13-26(3)24(29)18-12-16(27(30)31)6-8-19(18)34-14-22-20(32-4)9-7-17(35-22)10-11-25(2)23(15)28/h6,8,12,15,17,20-22H,7,9-11,13-14H2,1-5H3/t15-,17-,20+,21+,22-/m1/s1. The molecular weight excluding hydrogens is 458 g/mol. The van der Waals surface area contributed by atoms with Crippen LogP contribution in [0, 0.1) is 16.0 Å². The fourth-order valence-electron chi connectivity index (χ4n) is 4.61. The van der Waals surface area contributed by atoms with Crippen LogP contribution in [0.5, 0.6) is 5.75 Å². The minimum absolute atomic E-state index is 0.0565. The van der Waals surface area contributed by atoms with Crippen molar-refractivity contribution in [3.05, 3.63) is 33.9 Å². The van der Waals surface area contributed by atoms with E-state index in [1.807, 2.05) is 0 Å². The molecule has 0 N–H and O–H groups in total. The summed E-state index contributed by atoms with van der Waals surface area (Å²) in [5.74, 6) is -0.854. The number of nitrogens with zero attached hydrogens (tertiary/aromatic N) is 3. The monoisotopic (exact) mass is 493 g/mol. The van der Waals surface area contributed by atoms with Crippen molar-refractivity contribution in [2.24, 2.45) is 5.92 Å². The number of likely N-dealkylation sites (N-methyl/N-ethyl adjacent to an activating group) is 1. The zero-order chi connectivity index (χ0) is 25.7. The molecular formula is C24H35N3O8. The van der Waals surface area contributed by atoms with Crippen LogP contribution in [0.15, 0.2) is 18.2 Å². The van der Waals surface area contributed by atoms with E-state index in [0.717, 1.165) is 12.8 Å². The average molecular weight is 494 g/mol. The normalized spacial score (nSPS) is 28.9. The van der Waals surface area contributed by atoms with Crippen molar-refractivity contribution < 1.29 is 33.5 Å². The van der Waals surface area contributed by atoms with Gasteiger partial charge in [0.2, 0.25) is 5.91 Å². The Kier molecular flexibility index (Phi) is 9.03. The van der Waals surface area contributed by atoms with Gasteiger partial charge < -0.3 is 28.7 Å². The summed E-state index contributed by atoms with van der Waals surface area (Å²) in [5.41, 5.74) is -0.165. The minimum atomic E-state index is -0.562. The number of rotatable bonds is 3. The first-order valence-corrected chi connectivity index (χ1v) is 11.8. The van der Waals surface area contributed by atoms with E-state index in [1.54, 1.807) is 33.0 Å². The molecule has 11 nitrogen and oxygen atoms in total. The van der Waals surface area contributed by atoms with Crippen LogP contribution in [-0.4, -0.2) is 99.0 Å². The first-order valence-electron chi connectivity index (χ1n) is 11.8. The Morgan fingerprint density at radius 1 is 1.06 bits per heavy atom. The molecule has 1 aromatic carbocycles. The predicted octanol–water partition coefficient (Wildman–Crippen LogP) is 2.12. The Hall–Kier alpha value is -2.76. The molecule has 0 unspecified atom stereocenters. The minimum Gasteiger partial charge on any atom is -0.490 e. The second kappa shape index (κ2) is 11.8. The summed E-state index contributed by atoms with van der Waals surface area (Å²) in [6, 6.07) is 3.94. The third kappa shape index (κ3) is 6.28. The number of non-ortho nitro benzene ring substituents is 1. The van der Waals surface area contributed by atoms with Crippen LogP contribution in [0.25, 0.3) is 0 Å². The van der Waals surface area contributed by atoms with E-state index in [-0.39, 0.29) is 54.4 Å². The third-order valence-corrected chi connectivity index (χ3v) is 6.88. The Morgan fingerprint density at radius 2 is 1.77 bits per heavy atom. The van der Waals surface area contributed by atoms with Gasteiger partial charge in [0.05, 0.1) is 34.7 Å². The highest BCUT2D eigenvalue weighted by atomic mass is 16.6. The second-order valence-electron chi connectivity index (χ2n) is 9.19. The van der Waals surface area contributed by atoms with Crippen molar-refractivity contribution in [2.75, 3.05) is 48.0 Å². The highest BCUT2D eigenvalue weighted by Crippen LogP contribution is 2.29. The number of nitro groups is 1. The average Bonchev–Trinajstić information content (AvgIpc) is 2.86. The quantitative estimate of drug-likeness (QED) is 0.464. The van der Waals surface area contributed by atoms with Gasteiger partial charge in [0.1, 0.15) is 18.5 Å². The van der Waals surface area contributed by atoms with Gasteiger partial charge in [-0.2, -0.15) is 0 Å². The highest BCUT2D eigenvalue weighted by molar-refractivity contribution is 5.97. The molecule has 0 spiro atoms. The molecule has 1 saturated heterocycles. The van der Waals surface area contributed by atoms with E-state index in [1.165, 1.54) is 30.2 Å². The van der Waals surface area contributed by atoms with Crippen LogP contribution in [0.4, 0.5) is 5.69 Å². The lowest BCUT2D eigenvalue weighted by Crippen LogP contribution is -2.47. The molecule has 0 radical (unpaired) electrons. The van der Waals surface area contributed by atoms with Crippen molar-refractivity contribution in [2.45, 2.75) is 50.6 Å². The molecule has 2 heterocycles. The van der Waals surface area contributed by atoms with Gasteiger partial charge in [-0.15, -0.1) is 0 Å². The second-order valence-corrected chi connectivity index (χ2v) is 9.19. The molecule has 2 aliphatic heterocycles. The number of hydrogen-bond acceptors (Lipinski definition) is 8. The van der Waals surface area contributed by atoms with E-state index in [9.17, 15) is 19.7 Å². The molecule has 2 bridgehead atoms. The van der Waals surface area contributed by atoms with Gasteiger partial charge in [-0.25, -0.2) is 0 Å². The molecule has 1 aromatic rings. The molecule has 5 atom stereocenters. The first-order chi connectivity index (χ1) is 16.7.